The molecule has 1 rings (SSSR count). The van der Waals surface area contributed by atoms with Gasteiger partial charge in [0.05, 0.1) is 12.5 Å². The van der Waals surface area contributed by atoms with Gasteiger partial charge in [0.2, 0.25) is 0 Å². The fraction of sp³-hybridized carbons (Fsp3) is 0.333. The Balaban J connectivity index is 2.80. The van der Waals surface area contributed by atoms with Gasteiger partial charge in [-0.25, -0.2) is 4.39 Å². The average Bonchev–Trinajstić information content (AvgIpc) is 2.01. The van der Waals surface area contributed by atoms with Crippen LogP contribution in [0.15, 0.2) is 24.3 Å². The van der Waals surface area contributed by atoms with Gasteiger partial charge in [0.1, 0.15) is 5.82 Å². The Kier molecular flexibility index (Phi) is 3.10. The van der Waals surface area contributed by atoms with Gasteiger partial charge in [-0.2, -0.15) is 13.2 Å². The van der Waals surface area contributed by atoms with Crippen LogP contribution in [-0.4, -0.2) is 11.3 Å². The zero-order valence-corrected chi connectivity index (χ0v) is 7.05. The minimum atomic E-state index is -4.50. The van der Waals surface area contributed by atoms with Crippen LogP contribution >= 0.6 is 0 Å². The highest BCUT2D eigenvalue weighted by molar-refractivity contribution is 5.19. The number of hydrogen-bond donors (Lipinski definition) is 1. The second-order valence-electron chi connectivity index (χ2n) is 2.86. The van der Waals surface area contributed by atoms with Crippen molar-refractivity contribution in [2.45, 2.75) is 18.7 Å². The van der Waals surface area contributed by atoms with Crippen molar-refractivity contribution in [3.05, 3.63) is 35.6 Å². The molecule has 1 nitrogen and oxygen atoms in total. The third-order valence-electron chi connectivity index (χ3n) is 1.69. The zero-order valence-electron chi connectivity index (χ0n) is 7.05. The molecule has 0 spiro atoms. The maximum absolute atomic E-state index is 12.9. The number of aliphatic hydroxyl groups is 1. The first-order chi connectivity index (χ1) is 6.40. The first-order valence-corrected chi connectivity index (χ1v) is 3.89. The standard InChI is InChI=1S/C9H8F4O/c10-7-4-2-1-3-6(7)8(14)5-9(11,12)13/h1-4,8,14H,5H2/t8-/m1/s1. The van der Waals surface area contributed by atoms with Crippen LogP contribution in [0, 0.1) is 5.82 Å². The Morgan fingerprint density at radius 1 is 1.21 bits per heavy atom. The summed E-state index contributed by atoms with van der Waals surface area (Å²) in [5.74, 6) is -0.829. The van der Waals surface area contributed by atoms with Crippen molar-refractivity contribution >= 4 is 0 Å². The van der Waals surface area contributed by atoms with Crippen LogP contribution in [0.1, 0.15) is 18.1 Å². The molecule has 0 unspecified atom stereocenters. The molecule has 0 fully saturated rings. The van der Waals surface area contributed by atoms with E-state index in [1.807, 2.05) is 0 Å². The molecule has 78 valence electrons. The highest BCUT2D eigenvalue weighted by Crippen LogP contribution is 2.30. The van der Waals surface area contributed by atoms with Gasteiger partial charge < -0.3 is 5.11 Å². The Labute approximate surface area is 78.0 Å². The summed E-state index contributed by atoms with van der Waals surface area (Å²) >= 11 is 0. The molecule has 1 aromatic carbocycles. The topological polar surface area (TPSA) is 20.2 Å². The van der Waals surface area contributed by atoms with Crippen molar-refractivity contribution in [2.24, 2.45) is 0 Å². The largest absolute Gasteiger partial charge is 0.391 e. The molecule has 0 aliphatic heterocycles. The maximum Gasteiger partial charge on any atom is 0.391 e. The molecule has 0 aromatic heterocycles. The molecule has 0 saturated heterocycles. The van der Waals surface area contributed by atoms with E-state index >= 15 is 0 Å². The lowest BCUT2D eigenvalue weighted by Gasteiger charge is -2.13. The predicted molar refractivity (Wildman–Crippen MR) is 42.0 cm³/mol. The Bertz CT molecular complexity index is 308. The van der Waals surface area contributed by atoms with Gasteiger partial charge in [0, 0.05) is 5.56 Å². The second kappa shape index (κ2) is 3.96. The van der Waals surface area contributed by atoms with E-state index in [4.69, 9.17) is 5.11 Å². The molecule has 0 aliphatic carbocycles. The Hall–Kier alpha value is -1.10. The SMILES string of the molecule is O[C@H](CC(F)(F)F)c1ccccc1F. The van der Waals surface area contributed by atoms with E-state index < -0.39 is 24.5 Å². The van der Waals surface area contributed by atoms with E-state index in [1.54, 1.807) is 0 Å². The molecule has 5 heteroatoms. The fourth-order valence-corrected chi connectivity index (χ4v) is 1.07. The molecular weight excluding hydrogens is 200 g/mol. The summed E-state index contributed by atoms with van der Waals surface area (Å²) in [6.07, 6.45) is -7.77. The summed E-state index contributed by atoms with van der Waals surface area (Å²) in [5, 5.41) is 9.08. The highest BCUT2D eigenvalue weighted by atomic mass is 19.4. The van der Waals surface area contributed by atoms with E-state index in [1.165, 1.54) is 12.1 Å². The van der Waals surface area contributed by atoms with E-state index in [0.717, 1.165) is 12.1 Å². The van der Waals surface area contributed by atoms with E-state index in [9.17, 15) is 17.6 Å². The maximum atomic E-state index is 12.9. The van der Waals surface area contributed by atoms with E-state index in [0.29, 0.717) is 0 Å². The molecule has 0 radical (unpaired) electrons. The number of alkyl halides is 3. The molecule has 1 N–H and O–H groups in total. The van der Waals surface area contributed by atoms with E-state index in [-0.39, 0.29) is 5.56 Å². The van der Waals surface area contributed by atoms with Gasteiger partial charge in [-0.05, 0) is 6.07 Å². The summed E-state index contributed by atoms with van der Waals surface area (Å²) in [6, 6.07) is 4.86. The number of benzene rings is 1. The van der Waals surface area contributed by atoms with Crippen molar-refractivity contribution < 1.29 is 22.7 Å². The second-order valence-corrected chi connectivity index (χ2v) is 2.86. The summed E-state index contributed by atoms with van der Waals surface area (Å²) in [6.45, 7) is 0. The Morgan fingerprint density at radius 2 is 1.79 bits per heavy atom. The summed E-state index contributed by atoms with van der Waals surface area (Å²) < 4.78 is 48.4. The summed E-state index contributed by atoms with van der Waals surface area (Å²) in [7, 11) is 0. The predicted octanol–water partition coefficient (Wildman–Crippen LogP) is 2.81. The van der Waals surface area contributed by atoms with Gasteiger partial charge in [0.15, 0.2) is 0 Å². The van der Waals surface area contributed by atoms with Gasteiger partial charge in [-0.1, -0.05) is 18.2 Å². The molecule has 0 heterocycles. The van der Waals surface area contributed by atoms with Crippen LogP contribution in [0.5, 0.6) is 0 Å². The van der Waals surface area contributed by atoms with Gasteiger partial charge in [0.25, 0.3) is 0 Å². The normalized spacial score (nSPS) is 14.1. The van der Waals surface area contributed by atoms with Crippen LogP contribution in [0.3, 0.4) is 0 Å². The lowest BCUT2D eigenvalue weighted by atomic mass is 10.1. The average molecular weight is 208 g/mol. The van der Waals surface area contributed by atoms with Crippen molar-refractivity contribution in [2.75, 3.05) is 0 Å². The fourth-order valence-electron chi connectivity index (χ4n) is 1.07. The minimum absolute atomic E-state index is 0.329. The van der Waals surface area contributed by atoms with Crippen LogP contribution in [-0.2, 0) is 0 Å². The van der Waals surface area contributed by atoms with Crippen molar-refractivity contribution in [3.8, 4) is 0 Å². The van der Waals surface area contributed by atoms with Crippen LogP contribution < -0.4 is 0 Å². The zero-order chi connectivity index (χ0) is 10.8. The highest BCUT2D eigenvalue weighted by Gasteiger charge is 2.32. The molecular formula is C9H8F4O. The molecule has 0 aliphatic rings. The monoisotopic (exact) mass is 208 g/mol. The van der Waals surface area contributed by atoms with Crippen LogP contribution in [0.2, 0.25) is 0 Å². The minimum Gasteiger partial charge on any atom is -0.388 e. The molecule has 0 saturated carbocycles. The van der Waals surface area contributed by atoms with Gasteiger partial charge in [-0.3, -0.25) is 0 Å². The first-order valence-electron chi connectivity index (χ1n) is 3.89. The first kappa shape index (κ1) is 11.0. The number of rotatable bonds is 2. The summed E-state index contributed by atoms with van der Waals surface area (Å²) in [4.78, 5) is 0. The quantitative estimate of drug-likeness (QED) is 0.741. The number of halogens is 4. The third kappa shape index (κ3) is 2.99. The lowest BCUT2D eigenvalue weighted by molar-refractivity contribution is -0.154. The van der Waals surface area contributed by atoms with Gasteiger partial charge >= 0.3 is 6.18 Å². The van der Waals surface area contributed by atoms with E-state index in [2.05, 4.69) is 0 Å². The molecule has 0 bridgehead atoms. The Morgan fingerprint density at radius 3 is 2.29 bits per heavy atom. The van der Waals surface area contributed by atoms with Gasteiger partial charge in [-0.15, -0.1) is 0 Å². The molecule has 1 aromatic rings. The van der Waals surface area contributed by atoms with Crippen LogP contribution in [0.4, 0.5) is 17.6 Å². The molecule has 14 heavy (non-hydrogen) atoms. The third-order valence-corrected chi connectivity index (χ3v) is 1.69. The smallest absolute Gasteiger partial charge is 0.388 e. The lowest BCUT2D eigenvalue weighted by Crippen LogP contribution is -2.14. The van der Waals surface area contributed by atoms with Crippen molar-refractivity contribution in [3.63, 3.8) is 0 Å². The number of aliphatic hydroxyl groups excluding tert-OH is 1. The van der Waals surface area contributed by atoms with Crippen molar-refractivity contribution in [1.82, 2.24) is 0 Å². The summed E-state index contributed by atoms with van der Waals surface area (Å²) in [5.41, 5.74) is -0.329. The van der Waals surface area contributed by atoms with Crippen LogP contribution in [0.25, 0.3) is 0 Å². The number of hydrogen-bond acceptors (Lipinski definition) is 1. The molecule has 1 atom stereocenters. The molecule has 0 amide bonds. The van der Waals surface area contributed by atoms with Crippen molar-refractivity contribution in [1.29, 1.82) is 0 Å².